The molecule has 3 unspecified atom stereocenters. The van der Waals surface area contributed by atoms with Crippen LogP contribution in [-0.2, 0) is 6.42 Å². The minimum atomic E-state index is -1.39. The van der Waals surface area contributed by atoms with Crippen molar-refractivity contribution in [2.75, 3.05) is 26.7 Å². The van der Waals surface area contributed by atoms with Crippen molar-refractivity contribution >= 4 is 17.1 Å². The van der Waals surface area contributed by atoms with E-state index >= 15 is 0 Å². The van der Waals surface area contributed by atoms with E-state index in [9.17, 15) is 19.4 Å². The smallest absolute Gasteiger partial charge is 0.213 e. The molecule has 1 saturated heterocycles. The second-order valence-electron chi connectivity index (χ2n) is 8.90. The SMILES string of the molecule is COc1ccc2ncc(F)c(CC[N+]3(C(C)(C)C)CCC(NC(=O)[O-])C(O)C3)c2n1. The van der Waals surface area contributed by atoms with Gasteiger partial charge in [-0.05, 0) is 26.8 Å². The number of carboxylic acid groups (broad SMARTS) is 1. The third-order valence-corrected chi connectivity index (χ3v) is 6.33. The number of piperidine rings is 1. The lowest BCUT2D eigenvalue weighted by Crippen LogP contribution is -2.70. The standard InChI is InChI=1S/C21H29FN4O4/c1-21(2,3)26(10-8-15(17(27)12-26)24-20(28)29)9-7-13-14(22)11-23-16-5-6-18(30-4)25-19(13)16/h5-6,11,15,17,24,27H,7-10,12H2,1-4H3. The van der Waals surface area contributed by atoms with Gasteiger partial charge >= 0.3 is 0 Å². The predicted molar refractivity (Wildman–Crippen MR) is 107 cm³/mol. The average Bonchev–Trinajstić information content (AvgIpc) is 2.67. The number of amides is 1. The third-order valence-electron chi connectivity index (χ3n) is 6.33. The van der Waals surface area contributed by atoms with Crippen LogP contribution in [0.2, 0.25) is 0 Å². The lowest BCUT2D eigenvalue weighted by atomic mass is 9.90. The van der Waals surface area contributed by atoms with Gasteiger partial charge in [0.15, 0.2) is 0 Å². The number of carbonyl (C=O) groups is 1. The Morgan fingerprint density at radius 2 is 2.17 bits per heavy atom. The summed E-state index contributed by atoms with van der Waals surface area (Å²) in [5, 5.41) is 23.8. The fourth-order valence-electron chi connectivity index (χ4n) is 4.38. The van der Waals surface area contributed by atoms with E-state index in [0.29, 0.717) is 59.4 Å². The van der Waals surface area contributed by atoms with Crippen molar-refractivity contribution < 1.29 is 28.6 Å². The summed E-state index contributed by atoms with van der Waals surface area (Å²) in [4.78, 5) is 19.4. The first-order valence-electron chi connectivity index (χ1n) is 10.1. The molecular formula is C21H29FN4O4. The molecule has 0 saturated carbocycles. The molecule has 0 aromatic carbocycles. The molecule has 9 heteroatoms. The highest BCUT2D eigenvalue weighted by Gasteiger charge is 2.46. The number of halogens is 1. The zero-order valence-electron chi connectivity index (χ0n) is 17.8. The van der Waals surface area contributed by atoms with E-state index in [0.717, 1.165) is 0 Å². The molecule has 3 rings (SSSR count). The summed E-state index contributed by atoms with van der Waals surface area (Å²) in [6.45, 7) is 7.80. The van der Waals surface area contributed by atoms with E-state index in [1.165, 1.54) is 13.3 Å². The number of ether oxygens (including phenoxy) is 1. The molecule has 0 aliphatic carbocycles. The number of hydrogen-bond acceptors (Lipinski definition) is 6. The molecule has 164 valence electrons. The quantitative estimate of drug-likeness (QED) is 0.699. The number of hydrogen-bond donors (Lipinski definition) is 2. The number of fused-ring (bicyclic) bond motifs is 1. The molecular weight excluding hydrogens is 391 g/mol. The van der Waals surface area contributed by atoms with E-state index in [-0.39, 0.29) is 5.54 Å². The minimum Gasteiger partial charge on any atom is -0.530 e. The second kappa shape index (κ2) is 8.31. The van der Waals surface area contributed by atoms with E-state index in [1.54, 1.807) is 12.1 Å². The number of aromatic nitrogens is 2. The van der Waals surface area contributed by atoms with Crippen LogP contribution in [0.25, 0.3) is 11.0 Å². The summed E-state index contributed by atoms with van der Waals surface area (Å²) in [6.07, 6.45) is -0.169. The minimum absolute atomic E-state index is 0.238. The molecule has 2 N–H and O–H groups in total. The van der Waals surface area contributed by atoms with Gasteiger partial charge in [-0.25, -0.2) is 9.37 Å². The Hall–Kier alpha value is -2.52. The van der Waals surface area contributed by atoms with Gasteiger partial charge in [-0.2, -0.15) is 0 Å². The predicted octanol–water partition coefficient (Wildman–Crippen LogP) is 1.00. The highest BCUT2D eigenvalue weighted by molar-refractivity contribution is 5.78. The number of quaternary nitrogens is 1. The van der Waals surface area contributed by atoms with E-state index < -0.39 is 24.1 Å². The summed E-state index contributed by atoms with van der Waals surface area (Å²) in [6, 6.07) is 2.87. The van der Waals surface area contributed by atoms with Crippen LogP contribution in [0.3, 0.4) is 0 Å². The fourth-order valence-corrected chi connectivity index (χ4v) is 4.38. The number of aliphatic hydroxyl groups excluding tert-OH is 1. The molecule has 2 aromatic heterocycles. The van der Waals surface area contributed by atoms with Gasteiger partial charge in [0.05, 0.1) is 49.0 Å². The van der Waals surface area contributed by atoms with Gasteiger partial charge in [-0.15, -0.1) is 0 Å². The number of nitrogens with zero attached hydrogens (tertiary/aromatic N) is 3. The molecule has 1 aliphatic heterocycles. The fraction of sp³-hybridized carbons (Fsp3) is 0.571. The summed E-state index contributed by atoms with van der Waals surface area (Å²) >= 11 is 0. The van der Waals surface area contributed by atoms with Crippen molar-refractivity contribution in [2.45, 2.75) is 51.3 Å². The maximum absolute atomic E-state index is 14.7. The first-order chi connectivity index (χ1) is 14.1. The topological polar surface area (TPSA) is 107 Å². The molecule has 8 nitrogen and oxygen atoms in total. The molecule has 1 aliphatic rings. The highest BCUT2D eigenvalue weighted by atomic mass is 19.1. The maximum Gasteiger partial charge on any atom is 0.213 e. The Balaban J connectivity index is 1.90. The Bertz CT molecular complexity index is 933. The second-order valence-corrected chi connectivity index (χ2v) is 8.90. The molecule has 30 heavy (non-hydrogen) atoms. The van der Waals surface area contributed by atoms with Crippen molar-refractivity contribution in [2.24, 2.45) is 0 Å². The lowest BCUT2D eigenvalue weighted by molar-refractivity contribution is -0.977. The molecule has 1 fully saturated rings. The summed E-state index contributed by atoms with van der Waals surface area (Å²) in [5.74, 6) is -0.0372. The van der Waals surface area contributed by atoms with E-state index in [1.807, 2.05) is 0 Å². The summed E-state index contributed by atoms with van der Waals surface area (Å²) in [7, 11) is 1.51. The van der Waals surface area contributed by atoms with Gasteiger partial charge in [-0.3, -0.25) is 4.98 Å². The van der Waals surface area contributed by atoms with Gasteiger partial charge in [-0.1, -0.05) is 0 Å². The first-order valence-corrected chi connectivity index (χ1v) is 10.1. The molecule has 1 amide bonds. The van der Waals surface area contributed by atoms with Crippen LogP contribution in [0, 0.1) is 5.82 Å². The van der Waals surface area contributed by atoms with Gasteiger partial charge in [0.2, 0.25) is 5.88 Å². The largest absolute Gasteiger partial charge is 0.530 e. The number of methoxy groups -OCH3 is 1. The number of pyridine rings is 2. The van der Waals surface area contributed by atoms with Crippen LogP contribution in [0.5, 0.6) is 5.88 Å². The van der Waals surface area contributed by atoms with E-state index in [2.05, 4.69) is 36.1 Å². The van der Waals surface area contributed by atoms with Crippen LogP contribution >= 0.6 is 0 Å². The van der Waals surface area contributed by atoms with Gasteiger partial charge in [0.1, 0.15) is 24.6 Å². The van der Waals surface area contributed by atoms with Crippen molar-refractivity contribution in [3.63, 3.8) is 0 Å². The maximum atomic E-state index is 14.7. The Kier molecular flexibility index (Phi) is 6.14. The van der Waals surface area contributed by atoms with Gasteiger partial charge in [0.25, 0.3) is 0 Å². The van der Waals surface area contributed by atoms with Crippen LogP contribution in [-0.4, -0.2) is 70.1 Å². The van der Waals surface area contributed by atoms with Crippen LogP contribution in [0.15, 0.2) is 18.3 Å². The molecule has 0 radical (unpaired) electrons. The van der Waals surface area contributed by atoms with Crippen molar-refractivity contribution in [3.8, 4) is 5.88 Å². The highest BCUT2D eigenvalue weighted by Crippen LogP contribution is 2.32. The zero-order valence-corrected chi connectivity index (χ0v) is 17.8. The molecule has 0 bridgehead atoms. The summed E-state index contributed by atoms with van der Waals surface area (Å²) in [5.41, 5.74) is 1.28. The normalized spacial score (nSPS) is 24.6. The zero-order chi connectivity index (χ0) is 22.1. The number of likely N-dealkylation sites (tertiary alicyclic amines) is 1. The Labute approximate surface area is 175 Å². The number of aliphatic hydroxyl groups is 1. The monoisotopic (exact) mass is 420 g/mol. The number of rotatable bonds is 5. The number of nitrogens with one attached hydrogen (secondary N) is 1. The summed E-state index contributed by atoms with van der Waals surface area (Å²) < 4.78 is 20.4. The number of carbonyl (C=O) groups excluding carboxylic acids is 1. The third kappa shape index (κ3) is 4.32. The Morgan fingerprint density at radius 1 is 1.43 bits per heavy atom. The van der Waals surface area contributed by atoms with Crippen molar-refractivity contribution in [1.29, 1.82) is 0 Å². The molecule has 3 heterocycles. The molecule has 0 spiro atoms. The average molecular weight is 420 g/mol. The van der Waals surface area contributed by atoms with Crippen LogP contribution in [0.4, 0.5) is 9.18 Å². The lowest BCUT2D eigenvalue weighted by Gasteiger charge is -2.54. The Morgan fingerprint density at radius 3 is 2.77 bits per heavy atom. The van der Waals surface area contributed by atoms with E-state index in [4.69, 9.17) is 4.74 Å². The van der Waals surface area contributed by atoms with Gasteiger partial charge < -0.3 is 29.5 Å². The van der Waals surface area contributed by atoms with Crippen molar-refractivity contribution in [3.05, 3.63) is 29.7 Å². The van der Waals surface area contributed by atoms with Crippen LogP contribution < -0.4 is 15.2 Å². The van der Waals surface area contributed by atoms with Crippen molar-refractivity contribution in [1.82, 2.24) is 15.3 Å². The molecule has 2 aromatic rings. The first kappa shape index (κ1) is 22.2. The van der Waals surface area contributed by atoms with Gasteiger partial charge in [0, 0.05) is 24.5 Å². The molecule has 3 atom stereocenters. The van der Waals surface area contributed by atoms with Crippen LogP contribution in [0.1, 0.15) is 32.8 Å².